The summed E-state index contributed by atoms with van der Waals surface area (Å²) >= 11 is 5.93. The maximum atomic E-state index is 11.4. The summed E-state index contributed by atoms with van der Waals surface area (Å²) in [7, 11) is 1.27. The molecule has 2 heterocycles. The van der Waals surface area contributed by atoms with Gasteiger partial charge in [0.25, 0.3) is 0 Å². The first-order valence-electron chi connectivity index (χ1n) is 6.00. The maximum Gasteiger partial charge on any atom is 0.341 e. The third-order valence-electron chi connectivity index (χ3n) is 2.79. The fourth-order valence-electron chi connectivity index (χ4n) is 1.80. The number of carbonyl (C=O) groups excluding carboxylic acids is 1. The van der Waals surface area contributed by atoms with E-state index in [1.54, 1.807) is 18.2 Å². The number of halogens is 1. The molecule has 108 valence electrons. The average Bonchev–Trinajstić information content (AvgIpc) is 2.94. The smallest absolute Gasteiger partial charge is 0.341 e. The molecule has 1 aromatic carbocycles. The Balaban J connectivity index is 1.82. The van der Waals surface area contributed by atoms with Gasteiger partial charge in [-0.25, -0.2) is 9.78 Å². The Hall–Kier alpha value is -2.47. The lowest BCUT2D eigenvalue weighted by molar-refractivity contribution is 0.0600. The number of esters is 1. The molecule has 1 aliphatic rings. The Bertz CT molecular complexity index is 704. The number of ether oxygens (including phenoxy) is 4. The Labute approximate surface area is 125 Å². The first kappa shape index (κ1) is 13.5. The normalized spacial score (nSPS) is 12.1. The van der Waals surface area contributed by atoms with Crippen molar-refractivity contribution in [2.75, 3.05) is 13.9 Å². The first-order valence-corrected chi connectivity index (χ1v) is 6.37. The molecule has 0 spiro atoms. The molecule has 2 aromatic rings. The Kier molecular flexibility index (Phi) is 3.53. The van der Waals surface area contributed by atoms with Crippen molar-refractivity contribution in [3.63, 3.8) is 0 Å². The minimum absolute atomic E-state index is 0.0140. The van der Waals surface area contributed by atoms with Gasteiger partial charge in [-0.1, -0.05) is 11.6 Å². The van der Waals surface area contributed by atoms with Crippen molar-refractivity contribution in [2.45, 2.75) is 0 Å². The van der Waals surface area contributed by atoms with Crippen molar-refractivity contribution in [3.8, 4) is 23.1 Å². The summed E-state index contributed by atoms with van der Waals surface area (Å²) < 4.78 is 20.6. The third-order valence-corrected chi connectivity index (χ3v) is 3.08. The first-order chi connectivity index (χ1) is 10.2. The summed E-state index contributed by atoms with van der Waals surface area (Å²) in [6.45, 7) is 0.191. The highest BCUT2D eigenvalue weighted by Crippen LogP contribution is 2.36. The van der Waals surface area contributed by atoms with Crippen LogP contribution in [0.5, 0.6) is 23.1 Å². The summed E-state index contributed by atoms with van der Waals surface area (Å²) in [5.74, 6) is 1.49. The van der Waals surface area contributed by atoms with E-state index in [4.69, 9.17) is 25.8 Å². The lowest BCUT2D eigenvalue weighted by Crippen LogP contribution is -2.03. The van der Waals surface area contributed by atoms with Crippen LogP contribution in [0, 0.1) is 0 Å². The number of rotatable bonds is 3. The van der Waals surface area contributed by atoms with Crippen LogP contribution >= 0.6 is 11.6 Å². The molecule has 21 heavy (non-hydrogen) atoms. The molecule has 1 aliphatic heterocycles. The number of methoxy groups -OCH3 is 1. The van der Waals surface area contributed by atoms with Crippen LogP contribution in [0.3, 0.4) is 0 Å². The second-order valence-corrected chi connectivity index (χ2v) is 4.45. The van der Waals surface area contributed by atoms with Crippen molar-refractivity contribution in [1.82, 2.24) is 4.98 Å². The summed E-state index contributed by atoms with van der Waals surface area (Å²) in [4.78, 5) is 15.4. The van der Waals surface area contributed by atoms with Gasteiger partial charge in [0.1, 0.15) is 10.9 Å². The molecule has 0 amide bonds. The van der Waals surface area contributed by atoms with E-state index in [9.17, 15) is 4.79 Å². The standard InChI is InChI=1S/C14H10ClNO5/c1-18-14(17)9-3-5-12(16-13(9)15)21-8-2-4-10-11(6-8)20-7-19-10/h2-6H,7H2,1H3. The molecule has 0 N–H and O–H groups in total. The monoisotopic (exact) mass is 307 g/mol. The van der Waals surface area contributed by atoms with Crippen LogP contribution in [0.15, 0.2) is 30.3 Å². The average molecular weight is 308 g/mol. The quantitative estimate of drug-likeness (QED) is 0.641. The number of fused-ring (bicyclic) bond motifs is 1. The van der Waals surface area contributed by atoms with Crippen molar-refractivity contribution < 1.29 is 23.7 Å². The molecule has 7 heteroatoms. The van der Waals surface area contributed by atoms with E-state index >= 15 is 0 Å². The second kappa shape index (κ2) is 5.49. The van der Waals surface area contributed by atoms with E-state index in [-0.39, 0.29) is 23.4 Å². The van der Waals surface area contributed by atoms with Crippen molar-refractivity contribution in [2.24, 2.45) is 0 Å². The van der Waals surface area contributed by atoms with Gasteiger partial charge in [0.15, 0.2) is 11.5 Å². The van der Waals surface area contributed by atoms with Gasteiger partial charge in [-0.15, -0.1) is 0 Å². The molecule has 0 saturated carbocycles. The minimum Gasteiger partial charge on any atom is -0.465 e. The van der Waals surface area contributed by atoms with Crippen LogP contribution in [-0.2, 0) is 4.74 Å². The van der Waals surface area contributed by atoms with E-state index in [1.807, 2.05) is 0 Å². The number of nitrogens with zero attached hydrogens (tertiary/aromatic N) is 1. The molecule has 0 atom stereocenters. The van der Waals surface area contributed by atoms with Gasteiger partial charge in [-0.05, 0) is 18.2 Å². The van der Waals surface area contributed by atoms with Crippen LogP contribution in [0.1, 0.15) is 10.4 Å². The van der Waals surface area contributed by atoms with Gasteiger partial charge in [0, 0.05) is 12.1 Å². The highest BCUT2D eigenvalue weighted by molar-refractivity contribution is 6.32. The van der Waals surface area contributed by atoms with E-state index in [1.165, 1.54) is 19.2 Å². The van der Waals surface area contributed by atoms with Crippen LogP contribution in [0.4, 0.5) is 0 Å². The molecule has 0 unspecified atom stereocenters. The summed E-state index contributed by atoms with van der Waals surface area (Å²) in [6.07, 6.45) is 0. The zero-order chi connectivity index (χ0) is 14.8. The van der Waals surface area contributed by atoms with E-state index in [0.29, 0.717) is 17.2 Å². The number of benzene rings is 1. The molecule has 0 fully saturated rings. The van der Waals surface area contributed by atoms with Crippen LogP contribution < -0.4 is 14.2 Å². The largest absolute Gasteiger partial charge is 0.465 e. The fraction of sp³-hybridized carbons (Fsp3) is 0.143. The number of aromatic nitrogens is 1. The molecule has 0 bridgehead atoms. The number of hydrogen-bond donors (Lipinski definition) is 0. The lowest BCUT2D eigenvalue weighted by Gasteiger charge is -2.07. The molecule has 1 aromatic heterocycles. The van der Waals surface area contributed by atoms with Crippen LogP contribution in [0.25, 0.3) is 0 Å². The lowest BCUT2D eigenvalue weighted by atomic mass is 10.3. The van der Waals surface area contributed by atoms with Crippen molar-refractivity contribution >= 4 is 17.6 Å². The van der Waals surface area contributed by atoms with Gasteiger partial charge in [-0.2, -0.15) is 0 Å². The van der Waals surface area contributed by atoms with Crippen molar-refractivity contribution in [1.29, 1.82) is 0 Å². The van der Waals surface area contributed by atoms with E-state index in [2.05, 4.69) is 9.72 Å². The summed E-state index contributed by atoms with van der Waals surface area (Å²) in [6, 6.07) is 8.16. The Morgan fingerprint density at radius 3 is 2.81 bits per heavy atom. The van der Waals surface area contributed by atoms with Gasteiger partial charge < -0.3 is 18.9 Å². The minimum atomic E-state index is -0.554. The zero-order valence-electron chi connectivity index (χ0n) is 11.0. The number of pyridine rings is 1. The Morgan fingerprint density at radius 1 is 1.24 bits per heavy atom. The van der Waals surface area contributed by atoms with Crippen LogP contribution in [-0.4, -0.2) is 24.9 Å². The summed E-state index contributed by atoms with van der Waals surface area (Å²) in [5.41, 5.74) is 0.178. The van der Waals surface area contributed by atoms with Gasteiger partial charge >= 0.3 is 5.97 Å². The zero-order valence-corrected chi connectivity index (χ0v) is 11.7. The molecular weight excluding hydrogens is 298 g/mol. The van der Waals surface area contributed by atoms with Gasteiger partial charge in [-0.3, -0.25) is 0 Å². The molecule has 3 rings (SSSR count). The van der Waals surface area contributed by atoms with Gasteiger partial charge in [0.2, 0.25) is 12.7 Å². The molecule has 6 nitrogen and oxygen atoms in total. The van der Waals surface area contributed by atoms with E-state index < -0.39 is 5.97 Å². The molecule has 0 radical (unpaired) electrons. The fourth-order valence-corrected chi connectivity index (χ4v) is 2.02. The summed E-state index contributed by atoms with van der Waals surface area (Å²) in [5, 5.41) is 0.0140. The van der Waals surface area contributed by atoms with Crippen molar-refractivity contribution in [3.05, 3.63) is 41.0 Å². The maximum absolute atomic E-state index is 11.4. The highest BCUT2D eigenvalue weighted by Gasteiger charge is 2.16. The predicted octanol–water partition coefficient (Wildman–Crippen LogP) is 3.04. The SMILES string of the molecule is COC(=O)c1ccc(Oc2ccc3c(c2)OCO3)nc1Cl. The Morgan fingerprint density at radius 2 is 2.05 bits per heavy atom. The molecule has 0 saturated heterocycles. The predicted molar refractivity (Wildman–Crippen MR) is 73.2 cm³/mol. The molecule has 0 aliphatic carbocycles. The third kappa shape index (κ3) is 2.71. The van der Waals surface area contributed by atoms with E-state index in [0.717, 1.165) is 0 Å². The highest BCUT2D eigenvalue weighted by atomic mass is 35.5. The number of hydrogen-bond acceptors (Lipinski definition) is 6. The topological polar surface area (TPSA) is 66.9 Å². The number of carbonyl (C=O) groups is 1. The second-order valence-electron chi connectivity index (χ2n) is 4.10. The van der Waals surface area contributed by atoms with Crippen LogP contribution in [0.2, 0.25) is 5.15 Å². The molecular formula is C14H10ClNO5. The van der Waals surface area contributed by atoms with Gasteiger partial charge in [0.05, 0.1) is 12.7 Å².